The minimum absolute atomic E-state index is 0.125. The summed E-state index contributed by atoms with van der Waals surface area (Å²) in [7, 11) is 4.81. The van der Waals surface area contributed by atoms with Crippen molar-refractivity contribution in [1.82, 2.24) is 0 Å². The van der Waals surface area contributed by atoms with E-state index in [0.29, 0.717) is 0 Å². The molecule has 7 heavy (non-hydrogen) atoms. The summed E-state index contributed by atoms with van der Waals surface area (Å²) in [5, 5.41) is 0. The first-order chi connectivity index (χ1) is 3.43. The van der Waals surface area contributed by atoms with Gasteiger partial charge in [-0.05, 0) is 12.8 Å². The molecule has 1 rings (SSSR count). The molecule has 0 spiro atoms. The van der Waals surface area contributed by atoms with Crippen LogP contribution in [-0.2, 0) is 9.39 Å². The smallest absolute Gasteiger partial charge is 0.109 e. The number of hydrogen-bond donors (Lipinski definition) is 0. The molecule has 0 amide bonds. The van der Waals surface area contributed by atoms with Gasteiger partial charge in [0.15, 0.2) is 0 Å². The largest absolute Gasteiger partial charge is 0.680 e. The number of hydrogen-bond acceptors (Lipinski definition) is 2. The molecular formula is C4H7BO2-. The second kappa shape index (κ2) is 2.33. The Hall–Kier alpha value is -0.0151. The van der Waals surface area contributed by atoms with Crippen molar-refractivity contribution < 1.29 is 9.39 Å². The number of ether oxygens (including phenoxy) is 1. The summed E-state index contributed by atoms with van der Waals surface area (Å²) >= 11 is 0. The van der Waals surface area contributed by atoms with E-state index in [1.54, 1.807) is 0 Å². The van der Waals surface area contributed by atoms with Gasteiger partial charge in [-0.2, -0.15) is 0 Å². The molecule has 1 aliphatic rings. The SMILES string of the molecule is [B-]OC1CCCO1. The third kappa shape index (κ3) is 1.18. The number of rotatable bonds is 1. The zero-order valence-electron chi connectivity index (χ0n) is 4.09. The average molecular weight is 97.9 g/mol. The molecule has 0 aliphatic carbocycles. The van der Waals surface area contributed by atoms with Crippen LogP contribution in [0.2, 0.25) is 0 Å². The molecule has 39 valence electrons. The monoisotopic (exact) mass is 98.1 g/mol. The fourth-order valence-corrected chi connectivity index (χ4v) is 0.655. The van der Waals surface area contributed by atoms with Crippen LogP contribution in [0.25, 0.3) is 0 Å². The van der Waals surface area contributed by atoms with Crippen LogP contribution in [0.15, 0.2) is 0 Å². The Morgan fingerprint density at radius 3 is 2.86 bits per heavy atom. The van der Waals surface area contributed by atoms with E-state index in [9.17, 15) is 0 Å². The second-order valence-corrected chi connectivity index (χ2v) is 1.58. The molecule has 1 atom stereocenters. The average Bonchev–Trinajstić information content (AvgIpc) is 2.14. The minimum atomic E-state index is -0.125. The summed E-state index contributed by atoms with van der Waals surface area (Å²) in [6.07, 6.45) is 1.89. The van der Waals surface area contributed by atoms with E-state index in [4.69, 9.17) is 12.8 Å². The molecular weight excluding hydrogens is 90.9 g/mol. The summed E-state index contributed by atoms with van der Waals surface area (Å²) in [4.78, 5) is 0. The van der Waals surface area contributed by atoms with Gasteiger partial charge in [0.25, 0.3) is 0 Å². The van der Waals surface area contributed by atoms with Gasteiger partial charge < -0.3 is 17.4 Å². The van der Waals surface area contributed by atoms with Crippen molar-refractivity contribution >= 4 is 8.05 Å². The van der Waals surface area contributed by atoms with E-state index in [0.717, 1.165) is 19.4 Å². The van der Waals surface area contributed by atoms with Gasteiger partial charge in [-0.25, -0.2) is 0 Å². The van der Waals surface area contributed by atoms with Crippen LogP contribution in [0, 0.1) is 0 Å². The molecule has 1 unspecified atom stereocenters. The first-order valence-corrected chi connectivity index (χ1v) is 2.40. The first-order valence-electron chi connectivity index (χ1n) is 2.40. The molecule has 0 N–H and O–H groups in total. The molecule has 0 aromatic carbocycles. The third-order valence-corrected chi connectivity index (χ3v) is 1.04. The summed E-state index contributed by atoms with van der Waals surface area (Å²) in [6, 6.07) is 0. The standard InChI is InChI=1S/C4H7BO2/c5-7-4-2-1-3-6-4/h4H,1-3H2/q-1. The van der Waals surface area contributed by atoms with E-state index < -0.39 is 0 Å². The molecule has 0 aromatic rings. The first kappa shape index (κ1) is 5.13. The van der Waals surface area contributed by atoms with Crippen LogP contribution >= 0.6 is 0 Å². The molecule has 0 saturated carbocycles. The molecule has 1 fully saturated rings. The molecule has 0 aromatic heterocycles. The van der Waals surface area contributed by atoms with Crippen LogP contribution in [-0.4, -0.2) is 20.9 Å². The van der Waals surface area contributed by atoms with Crippen molar-refractivity contribution in [2.45, 2.75) is 19.1 Å². The van der Waals surface area contributed by atoms with Gasteiger partial charge in [0.05, 0.1) is 0 Å². The normalized spacial score (nSPS) is 31.3. The summed E-state index contributed by atoms with van der Waals surface area (Å²) in [6.45, 7) is 0.794. The van der Waals surface area contributed by atoms with Gasteiger partial charge in [0.2, 0.25) is 0 Å². The lowest BCUT2D eigenvalue weighted by Gasteiger charge is -2.17. The fraction of sp³-hybridized carbons (Fsp3) is 1.00. The fourth-order valence-electron chi connectivity index (χ4n) is 0.655. The molecule has 1 aliphatic heterocycles. The van der Waals surface area contributed by atoms with Crippen molar-refractivity contribution in [1.29, 1.82) is 0 Å². The van der Waals surface area contributed by atoms with Crippen LogP contribution < -0.4 is 0 Å². The highest BCUT2D eigenvalue weighted by molar-refractivity contribution is 5.98. The molecule has 3 radical (unpaired) electrons. The summed E-state index contributed by atoms with van der Waals surface area (Å²) in [5.74, 6) is 0. The molecule has 1 heterocycles. The summed E-state index contributed by atoms with van der Waals surface area (Å²) in [5.41, 5.74) is 0. The Labute approximate surface area is 44.2 Å². The van der Waals surface area contributed by atoms with E-state index in [2.05, 4.69) is 4.65 Å². The van der Waals surface area contributed by atoms with Crippen LogP contribution in [0.5, 0.6) is 0 Å². The Bertz CT molecular complexity index is 51.7. The maximum Gasteiger partial charge on any atom is 0.109 e. The van der Waals surface area contributed by atoms with Crippen molar-refractivity contribution in [2.24, 2.45) is 0 Å². The van der Waals surface area contributed by atoms with Crippen molar-refractivity contribution in [2.75, 3.05) is 6.61 Å². The molecule has 3 heteroatoms. The lowest BCUT2D eigenvalue weighted by molar-refractivity contribution is -0.0342. The van der Waals surface area contributed by atoms with Crippen LogP contribution in [0.1, 0.15) is 12.8 Å². The third-order valence-electron chi connectivity index (χ3n) is 1.04. The van der Waals surface area contributed by atoms with Crippen molar-refractivity contribution in [3.8, 4) is 0 Å². The quantitative estimate of drug-likeness (QED) is 0.437. The van der Waals surface area contributed by atoms with Crippen molar-refractivity contribution in [3.63, 3.8) is 0 Å². The zero-order chi connectivity index (χ0) is 5.11. The predicted octanol–water partition coefficient (Wildman–Crippen LogP) is 0.223. The highest BCUT2D eigenvalue weighted by Gasteiger charge is 2.08. The zero-order valence-corrected chi connectivity index (χ0v) is 4.09. The highest BCUT2D eigenvalue weighted by atomic mass is 16.7. The highest BCUT2D eigenvalue weighted by Crippen LogP contribution is 2.10. The topological polar surface area (TPSA) is 18.5 Å². The van der Waals surface area contributed by atoms with E-state index in [1.165, 1.54) is 0 Å². The Balaban J connectivity index is 2.14. The van der Waals surface area contributed by atoms with Gasteiger partial charge >= 0.3 is 0 Å². The maximum absolute atomic E-state index is 4.95. The van der Waals surface area contributed by atoms with Gasteiger partial charge in [-0.1, -0.05) is 0 Å². The van der Waals surface area contributed by atoms with Gasteiger partial charge in [0, 0.05) is 6.61 Å². The van der Waals surface area contributed by atoms with Gasteiger partial charge in [0.1, 0.15) is 6.29 Å². The van der Waals surface area contributed by atoms with E-state index >= 15 is 0 Å². The van der Waals surface area contributed by atoms with Gasteiger partial charge in [-0.3, -0.25) is 0 Å². The van der Waals surface area contributed by atoms with Crippen LogP contribution in [0.4, 0.5) is 0 Å². The maximum atomic E-state index is 4.95. The molecule has 0 bridgehead atoms. The molecule has 1 saturated heterocycles. The lowest BCUT2D eigenvalue weighted by Crippen LogP contribution is -2.06. The predicted molar refractivity (Wildman–Crippen MR) is 25.8 cm³/mol. The second-order valence-electron chi connectivity index (χ2n) is 1.58. The van der Waals surface area contributed by atoms with Crippen LogP contribution in [0.3, 0.4) is 0 Å². The Kier molecular flexibility index (Phi) is 1.71. The Morgan fingerprint density at radius 2 is 2.57 bits per heavy atom. The summed E-state index contributed by atoms with van der Waals surface area (Å²) < 4.78 is 9.34. The lowest BCUT2D eigenvalue weighted by atomic mass is 10.3. The van der Waals surface area contributed by atoms with Crippen molar-refractivity contribution in [3.05, 3.63) is 0 Å². The Morgan fingerprint density at radius 1 is 1.71 bits per heavy atom. The molecule has 2 nitrogen and oxygen atoms in total. The van der Waals surface area contributed by atoms with E-state index in [1.807, 2.05) is 0 Å². The van der Waals surface area contributed by atoms with E-state index in [-0.39, 0.29) is 6.29 Å². The van der Waals surface area contributed by atoms with Gasteiger partial charge in [-0.15, -0.1) is 0 Å². The minimum Gasteiger partial charge on any atom is -0.680 e.